The highest BCUT2D eigenvalue weighted by molar-refractivity contribution is 6.01. The van der Waals surface area contributed by atoms with Crippen LogP contribution >= 0.6 is 0 Å². The summed E-state index contributed by atoms with van der Waals surface area (Å²) in [6.45, 7) is 0.268. The van der Waals surface area contributed by atoms with Crippen LogP contribution in [-0.4, -0.2) is 44.0 Å². The molecule has 0 spiro atoms. The summed E-state index contributed by atoms with van der Waals surface area (Å²) in [7, 11) is 1.74. The van der Waals surface area contributed by atoms with Crippen LogP contribution in [0.4, 0.5) is 10.5 Å². The fourth-order valence-corrected chi connectivity index (χ4v) is 1.97. The van der Waals surface area contributed by atoms with Crippen molar-refractivity contribution in [2.24, 2.45) is 0 Å². The lowest BCUT2D eigenvalue weighted by molar-refractivity contribution is -0.862. The van der Waals surface area contributed by atoms with Crippen molar-refractivity contribution in [3.63, 3.8) is 0 Å². The van der Waals surface area contributed by atoms with E-state index in [1.54, 1.807) is 31.3 Å². The number of rotatable bonds is 6. The number of urea groups is 1. The SMILES string of the molecule is C[NH+](CC(=O)NC(=O)Nc1ccccc1)CC(=O)NC1CC1. The van der Waals surface area contributed by atoms with Gasteiger partial charge in [0.25, 0.3) is 11.8 Å². The third-order valence-corrected chi connectivity index (χ3v) is 3.15. The van der Waals surface area contributed by atoms with E-state index in [4.69, 9.17) is 0 Å². The molecule has 1 unspecified atom stereocenters. The summed E-state index contributed by atoms with van der Waals surface area (Å²) in [5.41, 5.74) is 0.609. The van der Waals surface area contributed by atoms with Gasteiger partial charge in [0, 0.05) is 11.7 Å². The Balaban J connectivity index is 1.67. The number of hydrogen-bond acceptors (Lipinski definition) is 3. The van der Waals surface area contributed by atoms with E-state index < -0.39 is 11.9 Å². The van der Waals surface area contributed by atoms with Crippen LogP contribution in [0.1, 0.15) is 12.8 Å². The molecule has 0 bridgehead atoms. The van der Waals surface area contributed by atoms with Gasteiger partial charge in [-0.15, -0.1) is 0 Å². The maximum absolute atomic E-state index is 11.7. The van der Waals surface area contributed by atoms with E-state index in [0.717, 1.165) is 17.7 Å². The van der Waals surface area contributed by atoms with Gasteiger partial charge < -0.3 is 15.5 Å². The van der Waals surface area contributed by atoms with Gasteiger partial charge in [-0.2, -0.15) is 0 Å². The molecule has 1 fully saturated rings. The molecule has 1 aliphatic carbocycles. The van der Waals surface area contributed by atoms with E-state index in [2.05, 4.69) is 16.0 Å². The Hall–Kier alpha value is -2.41. The van der Waals surface area contributed by atoms with Gasteiger partial charge in [0.05, 0.1) is 7.05 Å². The van der Waals surface area contributed by atoms with Crippen LogP contribution in [0, 0.1) is 0 Å². The molecular weight excluding hydrogens is 284 g/mol. The van der Waals surface area contributed by atoms with Gasteiger partial charge in [0.15, 0.2) is 13.1 Å². The Morgan fingerprint density at radius 1 is 1.09 bits per heavy atom. The van der Waals surface area contributed by atoms with Crippen molar-refractivity contribution in [1.29, 1.82) is 0 Å². The molecule has 0 aromatic heterocycles. The Kier molecular flexibility index (Phi) is 5.48. The average molecular weight is 305 g/mol. The summed E-state index contributed by atoms with van der Waals surface area (Å²) >= 11 is 0. The second kappa shape index (κ2) is 7.56. The molecule has 0 heterocycles. The Bertz CT molecular complexity index is 543. The zero-order valence-electron chi connectivity index (χ0n) is 12.5. The summed E-state index contributed by atoms with van der Waals surface area (Å²) in [6, 6.07) is 8.59. The van der Waals surface area contributed by atoms with Gasteiger partial charge in [-0.05, 0) is 25.0 Å². The monoisotopic (exact) mass is 305 g/mol. The van der Waals surface area contributed by atoms with Crippen LogP contribution in [0.2, 0.25) is 0 Å². The molecule has 1 aromatic rings. The summed E-state index contributed by atoms with van der Waals surface area (Å²) in [4.78, 5) is 35.7. The van der Waals surface area contributed by atoms with Gasteiger partial charge in [0.2, 0.25) is 0 Å². The first-order valence-electron chi connectivity index (χ1n) is 7.29. The summed E-state index contributed by atoms with van der Waals surface area (Å²) in [5, 5.41) is 7.67. The molecule has 0 aliphatic heterocycles. The Morgan fingerprint density at radius 3 is 2.36 bits per heavy atom. The van der Waals surface area contributed by atoms with Crippen molar-refractivity contribution in [2.45, 2.75) is 18.9 Å². The highest BCUT2D eigenvalue weighted by atomic mass is 16.2. The number of para-hydroxylation sites is 1. The number of amides is 4. The van der Waals surface area contributed by atoms with Crippen molar-refractivity contribution in [1.82, 2.24) is 10.6 Å². The summed E-state index contributed by atoms with van der Waals surface area (Å²) < 4.78 is 0. The fraction of sp³-hybridized carbons (Fsp3) is 0.400. The van der Waals surface area contributed by atoms with E-state index in [9.17, 15) is 14.4 Å². The van der Waals surface area contributed by atoms with Crippen LogP contribution in [-0.2, 0) is 9.59 Å². The molecule has 1 aliphatic rings. The molecule has 22 heavy (non-hydrogen) atoms. The first-order chi connectivity index (χ1) is 10.5. The molecule has 4 N–H and O–H groups in total. The first-order valence-corrected chi connectivity index (χ1v) is 7.29. The van der Waals surface area contributed by atoms with Crippen molar-refractivity contribution in [3.8, 4) is 0 Å². The quantitative estimate of drug-likeness (QED) is 0.550. The van der Waals surface area contributed by atoms with E-state index >= 15 is 0 Å². The number of likely N-dealkylation sites (N-methyl/N-ethyl adjacent to an activating group) is 1. The number of nitrogens with one attached hydrogen (secondary N) is 4. The molecular formula is C15H21N4O3+. The summed E-state index contributed by atoms with van der Waals surface area (Å²) in [6.07, 6.45) is 2.07. The third-order valence-electron chi connectivity index (χ3n) is 3.15. The number of benzene rings is 1. The number of anilines is 1. The van der Waals surface area contributed by atoms with Crippen LogP contribution in [0.3, 0.4) is 0 Å². The molecule has 0 radical (unpaired) electrons. The van der Waals surface area contributed by atoms with E-state index in [1.807, 2.05) is 6.07 Å². The normalized spacial score (nSPS) is 14.8. The van der Waals surface area contributed by atoms with Crippen molar-refractivity contribution >= 4 is 23.5 Å². The lowest BCUT2D eigenvalue weighted by Crippen LogP contribution is -3.11. The van der Waals surface area contributed by atoms with Crippen LogP contribution in [0.5, 0.6) is 0 Å². The maximum Gasteiger partial charge on any atom is 0.326 e. The maximum atomic E-state index is 11.7. The van der Waals surface area contributed by atoms with Crippen LogP contribution in [0.25, 0.3) is 0 Å². The van der Waals surface area contributed by atoms with Crippen molar-refractivity contribution in [2.75, 3.05) is 25.5 Å². The lowest BCUT2D eigenvalue weighted by Gasteiger charge is -2.13. The Labute approximate surface area is 129 Å². The van der Waals surface area contributed by atoms with E-state index in [1.165, 1.54) is 0 Å². The topological polar surface area (TPSA) is 91.7 Å². The van der Waals surface area contributed by atoms with Gasteiger partial charge in [-0.3, -0.25) is 14.9 Å². The predicted molar refractivity (Wildman–Crippen MR) is 81.4 cm³/mol. The lowest BCUT2D eigenvalue weighted by atomic mass is 10.3. The van der Waals surface area contributed by atoms with Crippen molar-refractivity contribution < 1.29 is 19.3 Å². The number of carbonyl (C=O) groups excluding carboxylic acids is 3. The molecule has 0 saturated heterocycles. The molecule has 4 amide bonds. The smallest absolute Gasteiger partial charge is 0.326 e. The minimum Gasteiger partial charge on any atom is -0.348 e. The van der Waals surface area contributed by atoms with Crippen LogP contribution < -0.4 is 20.9 Å². The molecule has 2 rings (SSSR count). The minimum absolute atomic E-state index is 0.0558. The molecule has 7 heteroatoms. The van der Waals surface area contributed by atoms with E-state index in [0.29, 0.717) is 11.7 Å². The molecule has 118 valence electrons. The summed E-state index contributed by atoms with van der Waals surface area (Å²) in [5.74, 6) is -0.494. The molecule has 1 aromatic carbocycles. The zero-order chi connectivity index (χ0) is 15.9. The average Bonchev–Trinajstić information content (AvgIpc) is 3.22. The third kappa shape index (κ3) is 5.92. The molecule has 1 saturated carbocycles. The van der Waals surface area contributed by atoms with Gasteiger partial charge >= 0.3 is 6.03 Å². The van der Waals surface area contributed by atoms with Gasteiger partial charge in [-0.1, -0.05) is 18.2 Å². The largest absolute Gasteiger partial charge is 0.348 e. The molecule has 7 nitrogen and oxygen atoms in total. The zero-order valence-corrected chi connectivity index (χ0v) is 12.5. The number of quaternary nitrogens is 1. The fourth-order valence-electron chi connectivity index (χ4n) is 1.97. The predicted octanol–water partition coefficient (Wildman–Crippen LogP) is -0.872. The standard InChI is InChI=1S/C15H20N4O3/c1-19(9-13(20)16-12-7-8-12)10-14(21)18-15(22)17-11-5-3-2-4-6-11/h2-6,12H,7-10H2,1H3,(H,16,20)(H2,17,18,21,22)/p+1. The molecule has 1 atom stereocenters. The van der Waals surface area contributed by atoms with Crippen molar-refractivity contribution in [3.05, 3.63) is 30.3 Å². The minimum atomic E-state index is -0.577. The van der Waals surface area contributed by atoms with Gasteiger partial charge in [0.1, 0.15) is 0 Å². The number of carbonyl (C=O) groups is 3. The highest BCUT2D eigenvalue weighted by Gasteiger charge is 2.25. The van der Waals surface area contributed by atoms with E-state index in [-0.39, 0.29) is 19.0 Å². The number of hydrogen-bond donors (Lipinski definition) is 4. The van der Waals surface area contributed by atoms with Gasteiger partial charge in [-0.25, -0.2) is 4.79 Å². The second-order valence-corrected chi connectivity index (χ2v) is 5.52. The number of imide groups is 1. The highest BCUT2D eigenvalue weighted by Crippen LogP contribution is 2.17. The first kappa shape index (κ1) is 16.0. The van der Waals surface area contributed by atoms with Crippen LogP contribution in [0.15, 0.2) is 30.3 Å². The Morgan fingerprint density at radius 2 is 1.73 bits per heavy atom. The second-order valence-electron chi connectivity index (χ2n) is 5.52.